The van der Waals surface area contributed by atoms with Gasteiger partial charge in [0, 0.05) is 23.8 Å². The van der Waals surface area contributed by atoms with E-state index in [1.807, 2.05) is 60.7 Å². The molecule has 0 aromatic heterocycles. The minimum Gasteiger partial charge on any atom is -0.461 e. The molecule has 0 radical (unpaired) electrons. The zero-order valence-corrected chi connectivity index (χ0v) is 27.6. The summed E-state index contributed by atoms with van der Waals surface area (Å²) in [4.78, 5) is 72.2. The van der Waals surface area contributed by atoms with E-state index in [9.17, 15) is 24.0 Å². The fraction of sp³-hybridized carbons (Fsp3) is 0.158. The predicted molar refractivity (Wildman–Crippen MR) is 184 cm³/mol. The Morgan fingerprint density at radius 2 is 1.34 bits per heavy atom. The van der Waals surface area contributed by atoms with Crippen molar-refractivity contribution in [3.05, 3.63) is 155 Å². The maximum absolute atomic E-state index is 14.1. The number of esters is 2. The molecular formula is C38H31N3O8S. The molecule has 1 fully saturated rings. The van der Waals surface area contributed by atoms with Crippen molar-refractivity contribution in [3.63, 3.8) is 0 Å². The Morgan fingerprint density at radius 1 is 0.800 bits per heavy atom. The minimum absolute atomic E-state index is 0.0453. The summed E-state index contributed by atoms with van der Waals surface area (Å²) in [7, 11) is 0. The third-order valence-corrected chi connectivity index (χ3v) is 9.24. The summed E-state index contributed by atoms with van der Waals surface area (Å²) in [6.45, 7) is 1.03. The Kier molecular flexibility index (Phi) is 10.5. The van der Waals surface area contributed by atoms with Gasteiger partial charge in [-0.1, -0.05) is 114 Å². The van der Waals surface area contributed by atoms with Crippen LogP contribution >= 0.6 is 11.8 Å². The van der Waals surface area contributed by atoms with Gasteiger partial charge in [0.1, 0.15) is 23.7 Å². The van der Waals surface area contributed by atoms with Crippen molar-refractivity contribution in [3.8, 4) is 0 Å². The number of hydrogen-bond acceptors (Lipinski definition) is 10. The predicted octanol–water partition coefficient (Wildman–Crippen LogP) is 4.80. The number of fused-ring (bicyclic) bond motifs is 1. The molecule has 252 valence electrons. The second kappa shape index (κ2) is 15.5. The number of thioether (sulfide) groups is 1. The maximum Gasteiger partial charge on any atom is 0.365 e. The summed E-state index contributed by atoms with van der Waals surface area (Å²) in [6.07, 6.45) is -0.796. The molecule has 4 aromatic carbocycles. The highest BCUT2D eigenvalue weighted by Crippen LogP contribution is 2.41. The lowest BCUT2D eigenvalue weighted by molar-refractivity contribution is -0.154. The van der Waals surface area contributed by atoms with Gasteiger partial charge >= 0.3 is 17.9 Å². The van der Waals surface area contributed by atoms with Crippen LogP contribution in [0.4, 0.5) is 0 Å². The average Bonchev–Trinajstić information content (AvgIpc) is 3.16. The Morgan fingerprint density at radius 3 is 1.90 bits per heavy atom. The Balaban J connectivity index is 1.25. The minimum atomic E-state index is -1.05. The number of rotatable bonds is 11. The summed E-state index contributed by atoms with van der Waals surface area (Å²) in [5, 5.41) is 5.91. The van der Waals surface area contributed by atoms with Crippen molar-refractivity contribution in [1.29, 1.82) is 0 Å². The normalized spacial score (nSPS) is 17.0. The SMILES string of the molecule is CC(=O)OCC1=C(C(=O)OC(c2ccccc2)c2ccccc2)N2C(=O)[C@@H](NC(=O)/C(=N/OC(=O)c3ccccc3)c3ccccc3)[C@H]2SC1. The summed E-state index contributed by atoms with van der Waals surface area (Å²) in [5.74, 6) is -3.22. The van der Waals surface area contributed by atoms with Crippen molar-refractivity contribution in [2.45, 2.75) is 24.4 Å². The van der Waals surface area contributed by atoms with E-state index in [0.717, 1.165) is 11.1 Å². The second-order valence-electron chi connectivity index (χ2n) is 11.3. The Bertz CT molecular complexity index is 1910. The van der Waals surface area contributed by atoms with E-state index >= 15 is 0 Å². The quantitative estimate of drug-likeness (QED) is 0.0774. The number of nitrogens with zero attached hydrogens (tertiary/aromatic N) is 2. The molecule has 4 aromatic rings. The highest BCUT2D eigenvalue weighted by molar-refractivity contribution is 8.00. The van der Waals surface area contributed by atoms with Crippen LogP contribution in [-0.2, 0) is 33.5 Å². The van der Waals surface area contributed by atoms with E-state index < -0.39 is 47.2 Å². The van der Waals surface area contributed by atoms with Crippen molar-refractivity contribution in [2.75, 3.05) is 12.4 Å². The molecule has 2 aliphatic rings. The van der Waals surface area contributed by atoms with Crippen molar-refractivity contribution < 1.29 is 38.3 Å². The molecule has 11 nitrogen and oxygen atoms in total. The van der Waals surface area contributed by atoms with Crippen LogP contribution in [0.2, 0.25) is 0 Å². The zero-order valence-electron chi connectivity index (χ0n) is 26.8. The number of benzene rings is 4. The molecule has 2 amide bonds. The molecule has 0 bridgehead atoms. The molecule has 0 aliphatic carbocycles. The highest BCUT2D eigenvalue weighted by atomic mass is 32.2. The number of nitrogens with one attached hydrogen (secondary N) is 1. The lowest BCUT2D eigenvalue weighted by Gasteiger charge is -2.49. The van der Waals surface area contributed by atoms with Crippen LogP contribution in [0.5, 0.6) is 0 Å². The van der Waals surface area contributed by atoms with E-state index in [1.165, 1.54) is 23.6 Å². The number of oxime groups is 1. The van der Waals surface area contributed by atoms with E-state index in [1.54, 1.807) is 60.7 Å². The van der Waals surface area contributed by atoms with Crippen molar-refractivity contribution in [1.82, 2.24) is 10.2 Å². The van der Waals surface area contributed by atoms with E-state index in [2.05, 4.69) is 10.5 Å². The first-order valence-electron chi connectivity index (χ1n) is 15.6. The van der Waals surface area contributed by atoms with Crippen LogP contribution in [0.3, 0.4) is 0 Å². The Labute approximate surface area is 291 Å². The lowest BCUT2D eigenvalue weighted by atomic mass is 10.0. The molecule has 0 spiro atoms. The fourth-order valence-corrected chi connectivity index (χ4v) is 6.79. The molecule has 1 N–H and O–H groups in total. The van der Waals surface area contributed by atoms with Gasteiger partial charge in [-0.05, 0) is 23.3 Å². The molecule has 1 saturated heterocycles. The molecule has 2 atom stereocenters. The zero-order chi connectivity index (χ0) is 35.0. The van der Waals surface area contributed by atoms with Gasteiger partial charge in [0.15, 0.2) is 11.8 Å². The standard InChI is InChI=1S/C38H31N3O8S/c1-24(42)47-22-29-23-50-36-31(39-34(43)30(25-14-6-2-7-15-25)40-49-37(45)28-20-12-5-13-21-28)35(44)41(36)32(29)38(46)48-33(26-16-8-3-9-17-26)27-18-10-4-11-19-27/h2-21,31,33,36H,22-23H2,1H3,(H,39,43)/b40-30+/t31-,36-/m1/s1. The van der Waals surface area contributed by atoms with Crippen LogP contribution in [0.25, 0.3) is 0 Å². The van der Waals surface area contributed by atoms with E-state index in [-0.39, 0.29) is 29.3 Å². The van der Waals surface area contributed by atoms with Gasteiger partial charge in [0.2, 0.25) is 0 Å². The van der Waals surface area contributed by atoms with E-state index in [0.29, 0.717) is 11.1 Å². The number of β-lactam (4-membered cyclic amide) rings is 1. The molecule has 12 heteroatoms. The summed E-state index contributed by atoms with van der Waals surface area (Å²) < 4.78 is 11.4. The Hall–Kier alpha value is -6.01. The number of carbonyl (C=O) groups excluding carboxylic acids is 5. The number of carbonyl (C=O) groups is 5. The second-order valence-corrected chi connectivity index (χ2v) is 12.4. The summed E-state index contributed by atoms with van der Waals surface area (Å²) >= 11 is 1.29. The maximum atomic E-state index is 14.1. The smallest absolute Gasteiger partial charge is 0.365 e. The fourth-order valence-electron chi connectivity index (χ4n) is 5.46. The number of hydrogen-bond donors (Lipinski definition) is 1. The largest absolute Gasteiger partial charge is 0.461 e. The van der Waals surface area contributed by atoms with Gasteiger partial charge in [-0.25, -0.2) is 9.59 Å². The van der Waals surface area contributed by atoms with Gasteiger partial charge < -0.3 is 19.6 Å². The van der Waals surface area contributed by atoms with Gasteiger partial charge in [0.05, 0.1) is 5.56 Å². The number of ether oxygens (including phenoxy) is 2. The molecule has 0 unspecified atom stereocenters. The van der Waals surface area contributed by atoms with Gasteiger partial charge in [-0.2, -0.15) is 0 Å². The van der Waals surface area contributed by atoms with Crippen LogP contribution in [-0.4, -0.2) is 64.1 Å². The highest BCUT2D eigenvalue weighted by Gasteiger charge is 2.55. The molecule has 6 rings (SSSR count). The van der Waals surface area contributed by atoms with Gasteiger partial charge in [-0.15, -0.1) is 11.8 Å². The van der Waals surface area contributed by atoms with Crippen LogP contribution in [0.15, 0.2) is 138 Å². The summed E-state index contributed by atoms with van der Waals surface area (Å²) in [5.41, 5.74) is 2.16. The first-order chi connectivity index (χ1) is 24.3. The average molecular weight is 690 g/mol. The van der Waals surface area contributed by atoms with Crippen molar-refractivity contribution >= 4 is 47.2 Å². The van der Waals surface area contributed by atoms with Crippen LogP contribution in [0.1, 0.15) is 40.1 Å². The van der Waals surface area contributed by atoms with Gasteiger partial charge in [-0.3, -0.25) is 19.3 Å². The topological polar surface area (TPSA) is 141 Å². The molecule has 2 aliphatic heterocycles. The summed E-state index contributed by atoms with van der Waals surface area (Å²) in [6, 6.07) is 33.9. The van der Waals surface area contributed by atoms with Crippen LogP contribution < -0.4 is 5.32 Å². The molecular weight excluding hydrogens is 658 g/mol. The monoisotopic (exact) mass is 689 g/mol. The molecule has 0 saturated carbocycles. The van der Waals surface area contributed by atoms with Crippen LogP contribution in [0, 0.1) is 0 Å². The van der Waals surface area contributed by atoms with Crippen molar-refractivity contribution in [2.24, 2.45) is 5.16 Å². The van der Waals surface area contributed by atoms with E-state index in [4.69, 9.17) is 14.3 Å². The van der Waals surface area contributed by atoms with Gasteiger partial charge in [0.25, 0.3) is 11.8 Å². The third kappa shape index (κ3) is 7.50. The first kappa shape index (κ1) is 33.9. The first-order valence-corrected chi connectivity index (χ1v) is 16.7. The lowest BCUT2D eigenvalue weighted by Crippen LogP contribution is -2.71. The third-order valence-electron chi connectivity index (χ3n) is 7.90. The molecule has 50 heavy (non-hydrogen) atoms. The number of amides is 2. The molecule has 2 heterocycles.